The fourth-order valence-electron chi connectivity index (χ4n) is 4.34. The Balaban J connectivity index is 1.84. The summed E-state index contributed by atoms with van der Waals surface area (Å²) in [6.07, 6.45) is -5.90. The topological polar surface area (TPSA) is 93.1 Å². The molecule has 3 aromatic carbocycles. The van der Waals surface area contributed by atoms with E-state index >= 15 is 0 Å². The maximum Gasteiger partial charge on any atom is 0.416 e. The third-order valence-corrected chi connectivity index (χ3v) is 8.38. The molecule has 0 spiro atoms. The molecule has 0 aliphatic carbocycles. The smallest absolute Gasteiger partial charge is 0.416 e. The number of nitrogens with zero attached hydrogens (tertiary/aromatic N) is 1. The van der Waals surface area contributed by atoms with E-state index in [9.17, 15) is 40.3 Å². The van der Waals surface area contributed by atoms with Crippen LogP contribution >= 0.6 is 11.6 Å². The summed E-state index contributed by atoms with van der Waals surface area (Å²) in [4.78, 5) is 11.1. The molecule has 0 unspecified atom stereocenters. The lowest BCUT2D eigenvalue weighted by Gasteiger charge is -2.38. The van der Waals surface area contributed by atoms with Gasteiger partial charge in [-0.15, -0.1) is 0 Å². The average Bonchev–Trinajstić information content (AvgIpc) is 2.86. The van der Waals surface area contributed by atoms with Gasteiger partial charge in [-0.2, -0.15) is 22.0 Å². The molecule has 41 heavy (non-hydrogen) atoms. The maximum absolute atomic E-state index is 13.8. The van der Waals surface area contributed by atoms with Crippen molar-refractivity contribution in [1.29, 1.82) is 0 Å². The Hall–Kier alpha value is -3.58. The van der Waals surface area contributed by atoms with Crippen molar-refractivity contribution < 1.29 is 49.7 Å². The van der Waals surface area contributed by atoms with E-state index in [1.807, 2.05) is 0 Å². The zero-order valence-electron chi connectivity index (χ0n) is 21.5. The number of carbonyl (C=O) groups is 1. The SMILES string of the molecule is CC(C)(C[C@H]1CN(S(=O)(=O)c2cccc(C(F)(F)F)c2)c2cc(-c3cc(Cl)cc(OC(F)F)c3)ccc2O1)C(=O)O. The second kappa shape index (κ2) is 11.0. The Bertz CT molecular complexity index is 1580. The first kappa shape index (κ1) is 30.4. The van der Waals surface area contributed by atoms with Gasteiger partial charge in [-0.3, -0.25) is 9.10 Å². The summed E-state index contributed by atoms with van der Waals surface area (Å²) < 4.78 is 105. The van der Waals surface area contributed by atoms with Gasteiger partial charge in [0.2, 0.25) is 0 Å². The molecule has 0 saturated carbocycles. The molecule has 1 atom stereocenters. The first-order chi connectivity index (χ1) is 19.0. The van der Waals surface area contributed by atoms with Crippen molar-refractivity contribution >= 4 is 33.3 Å². The fourth-order valence-corrected chi connectivity index (χ4v) is 6.11. The number of benzene rings is 3. The molecular weight excluding hydrogens is 597 g/mol. The summed E-state index contributed by atoms with van der Waals surface area (Å²) in [6, 6.07) is 11.3. The Morgan fingerprint density at radius 2 is 1.80 bits per heavy atom. The Kier molecular flexibility index (Phi) is 8.16. The molecule has 0 saturated heterocycles. The minimum absolute atomic E-state index is 0.0211. The lowest BCUT2D eigenvalue weighted by molar-refractivity contribution is -0.148. The van der Waals surface area contributed by atoms with Gasteiger partial charge in [0, 0.05) is 11.4 Å². The van der Waals surface area contributed by atoms with Crippen molar-refractivity contribution in [1.82, 2.24) is 0 Å². The number of sulfonamides is 1. The molecule has 1 heterocycles. The molecule has 0 amide bonds. The van der Waals surface area contributed by atoms with Crippen LogP contribution in [-0.4, -0.2) is 38.8 Å². The minimum atomic E-state index is -4.81. The molecule has 220 valence electrons. The number of hydrogen-bond acceptors (Lipinski definition) is 5. The molecule has 1 aliphatic rings. The third-order valence-electron chi connectivity index (χ3n) is 6.39. The van der Waals surface area contributed by atoms with Gasteiger partial charge in [-0.25, -0.2) is 8.42 Å². The molecule has 7 nitrogen and oxygen atoms in total. The van der Waals surface area contributed by atoms with E-state index in [-0.39, 0.29) is 34.2 Å². The van der Waals surface area contributed by atoms with Crippen molar-refractivity contribution in [3.63, 3.8) is 0 Å². The van der Waals surface area contributed by atoms with E-state index in [0.29, 0.717) is 11.6 Å². The summed E-state index contributed by atoms with van der Waals surface area (Å²) in [7, 11) is -4.64. The van der Waals surface area contributed by atoms with Gasteiger partial charge in [0.1, 0.15) is 17.6 Å². The van der Waals surface area contributed by atoms with Crippen LogP contribution in [0.4, 0.5) is 27.6 Å². The van der Waals surface area contributed by atoms with E-state index < -0.39 is 57.3 Å². The van der Waals surface area contributed by atoms with Crippen LogP contribution in [-0.2, 0) is 21.0 Å². The van der Waals surface area contributed by atoms with Crippen LogP contribution < -0.4 is 13.8 Å². The van der Waals surface area contributed by atoms with Crippen molar-refractivity contribution in [3.05, 3.63) is 71.2 Å². The molecule has 14 heteroatoms. The standard InChI is InChI=1S/C27H23ClF5NO6S/c1-26(2,24(35)36)13-20-14-34(41(37,38)21-5-3-4-17(11-21)27(31,32)33)22-10-15(6-7-23(22)39-20)16-8-18(28)12-19(9-16)40-25(29)30/h3-12,20,25H,13-14H2,1-2H3,(H,35,36)/t20-/m0/s1. The first-order valence-corrected chi connectivity index (χ1v) is 13.8. The molecule has 0 fully saturated rings. The van der Waals surface area contributed by atoms with E-state index in [1.165, 1.54) is 44.2 Å². The van der Waals surface area contributed by atoms with Gasteiger partial charge in [0.25, 0.3) is 10.0 Å². The highest BCUT2D eigenvalue weighted by Gasteiger charge is 2.40. The predicted octanol–water partition coefficient (Wildman–Crippen LogP) is 7.08. The molecule has 0 bridgehead atoms. The molecule has 1 N–H and O–H groups in total. The van der Waals surface area contributed by atoms with Crippen molar-refractivity contribution in [2.45, 2.75) is 44.1 Å². The van der Waals surface area contributed by atoms with Crippen LogP contribution in [0.1, 0.15) is 25.8 Å². The van der Waals surface area contributed by atoms with E-state index in [1.54, 1.807) is 0 Å². The van der Waals surface area contributed by atoms with Crippen LogP contribution in [0.3, 0.4) is 0 Å². The number of anilines is 1. The number of aliphatic carboxylic acids is 1. The Labute approximate surface area is 237 Å². The molecule has 0 aromatic heterocycles. The number of ether oxygens (including phenoxy) is 2. The normalized spacial score (nSPS) is 15.8. The van der Waals surface area contributed by atoms with Crippen LogP contribution in [0, 0.1) is 5.41 Å². The number of fused-ring (bicyclic) bond motifs is 1. The zero-order valence-corrected chi connectivity index (χ0v) is 23.0. The predicted molar refractivity (Wildman–Crippen MR) is 140 cm³/mol. The zero-order chi connectivity index (χ0) is 30.3. The van der Waals surface area contributed by atoms with Crippen molar-refractivity contribution in [2.75, 3.05) is 10.8 Å². The fraction of sp³-hybridized carbons (Fsp3) is 0.296. The molecular formula is C27H23ClF5NO6S. The summed E-state index contributed by atoms with van der Waals surface area (Å²) in [5, 5.41) is 9.63. The highest BCUT2D eigenvalue weighted by Crippen LogP contribution is 2.43. The van der Waals surface area contributed by atoms with Crippen molar-refractivity contribution in [2.24, 2.45) is 5.41 Å². The number of halogens is 6. The highest BCUT2D eigenvalue weighted by molar-refractivity contribution is 7.92. The van der Waals surface area contributed by atoms with Gasteiger partial charge in [0.05, 0.1) is 28.1 Å². The van der Waals surface area contributed by atoms with Gasteiger partial charge >= 0.3 is 18.8 Å². The maximum atomic E-state index is 13.8. The molecule has 0 radical (unpaired) electrons. The van der Waals surface area contributed by atoms with E-state index in [0.717, 1.165) is 28.6 Å². The summed E-state index contributed by atoms with van der Waals surface area (Å²) in [6.45, 7) is -0.679. The lowest BCUT2D eigenvalue weighted by atomic mass is 9.86. The number of carboxylic acids is 1. The monoisotopic (exact) mass is 619 g/mol. The summed E-state index contributed by atoms with van der Waals surface area (Å²) in [5.41, 5.74) is -1.96. The number of alkyl halides is 5. The van der Waals surface area contributed by atoms with Crippen LogP contribution in [0.25, 0.3) is 11.1 Å². The quantitative estimate of drug-likeness (QED) is 0.271. The average molecular weight is 620 g/mol. The number of rotatable bonds is 8. The van der Waals surface area contributed by atoms with Gasteiger partial charge < -0.3 is 14.6 Å². The van der Waals surface area contributed by atoms with Gasteiger partial charge in [-0.1, -0.05) is 23.7 Å². The largest absolute Gasteiger partial charge is 0.486 e. The van der Waals surface area contributed by atoms with E-state index in [2.05, 4.69) is 4.74 Å². The summed E-state index contributed by atoms with van der Waals surface area (Å²) in [5.74, 6) is -1.38. The van der Waals surface area contributed by atoms with Crippen LogP contribution in [0.15, 0.2) is 65.6 Å². The number of carboxylic acid groups (broad SMARTS) is 1. The van der Waals surface area contributed by atoms with E-state index in [4.69, 9.17) is 16.3 Å². The third kappa shape index (κ3) is 6.67. The van der Waals surface area contributed by atoms with Gasteiger partial charge in [0.15, 0.2) is 0 Å². The van der Waals surface area contributed by atoms with Crippen molar-refractivity contribution in [3.8, 4) is 22.6 Å². The second-order valence-corrected chi connectivity index (χ2v) is 12.2. The Morgan fingerprint density at radius 3 is 2.44 bits per heavy atom. The van der Waals surface area contributed by atoms with Crippen LogP contribution in [0.5, 0.6) is 11.5 Å². The molecule has 4 rings (SSSR count). The Morgan fingerprint density at radius 1 is 1.10 bits per heavy atom. The minimum Gasteiger partial charge on any atom is -0.486 e. The summed E-state index contributed by atoms with van der Waals surface area (Å²) >= 11 is 6.07. The second-order valence-electron chi connectivity index (χ2n) is 9.93. The van der Waals surface area contributed by atoms with Crippen LogP contribution in [0.2, 0.25) is 5.02 Å². The molecule has 3 aromatic rings. The lowest BCUT2D eigenvalue weighted by Crippen LogP contribution is -2.46. The van der Waals surface area contributed by atoms with Gasteiger partial charge in [-0.05, 0) is 73.5 Å². The first-order valence-electron chi connectivity index (χ1n) is 12.0. The highest BCUT2D eigenvalue weighted by atomic mass is 35.5. The number of hydrogen-bond donors (Lipinski definition) is 1. The molecule has 1 aliphatic heterocycles.